The third-order valence-corrected chi connectivity index (χ3v) is 11.1. The number of cyclic esters (lactones) is 2. The molecule has 1 unspecified atom stereocenters. The van der Waals surface area contributed by atoms with E-state index >= 15 is 0 Å². The molecule has 2 saturated carbocycles. The number of hydrogen-bond acceptors (Lipinski definition) is 12. The molecule has 46 heavy (non-hydrogen) atoms. The van der Waals surface area contributed by atoms with Gasteiger partial charge in [-0.3, -0.25) is 9.59 Å². The van der Waals surface area contributed by atoms with Gasteiger partial charge < -0.3 is 33.5 Å². The fourth-order valence-corrected chi connectivity index (χ4v) is 8.83. The molecule has 1 N–H and O–H groups in total. The maximum atomic E-state index is 13.6. The van der Waals surface area contributed by atoms with Crippen molar-refractivity contribution in [1.82, 2.24) is 0 Å². The number of carbonyl (C=O) groups is 5. The van der Waals surface area contributed by atoms with Crippen molar-refractivity contribution in [3.8, 4) is 0 Å². The molecule has 12 nitrogen and oxygen atoms in total. The fraction of sp³-hybridized carbons (Fsp3) is 0.618. The Morgan fingerprint density at radius 2 is 1.78 bits per heavy atom. The largest absolute Gasteiger partial charge is 0.469 e. The van der Waals surface area contributed by atoms with Crippen LogP contribution in [0.4, 0.5) is 0 Å². The summed E-state index contributed by atoms with van der Waals surface area (Å²) in [5.41, 5.74) is -3.73. The molecule has 0 radical (unpaired) electrons. The Hall–Kier alpha value is -3.77. The zero-order valence-electron chi connectivity index (χ0n) is 27.4. The van der Waals surface area contributed by atoms with Gasteiger partial charge in [-0.2, -0.15) is 0 Å². The highest BCUT2D eigenvalue weighted by Crippen LogP contribution is 2.75. The molecule has 3 fully saturated rings. The van der Waals surface area contributed by atoms with Crippen molar-refractivity contribution in [3.63, 3.8) is 0 Å². The number of methoxy groups -OCH3 is 1. The molecule has 0 aromatic rings. The van der Waals surface area contributed by atoms with Crippen LogP contribution in [0.1, 0.15) is 61.3 Å². The molecule has 0 aromatic carbocycles. The molecule has 1 spiro atoms. The quantitative estimate of drug-likeness (QED) is 0.142. The Bertz CT molecular complexity index is 1490. The Morgan fingerprint density at radius 3 is 2.35 bits per heavy atom. The van der Waals surface area contributed by atoms with Gasteiger partial charge in [-0.25, -0.2) is 14.4 Å². The number of rotatable bonds is 7. The van der Waals surface area contributed by atoms with Gasteiger partial charge in [-0.15, -0.1) is 0 Å². The van der Waals surface area contributed by atoms with Gasteiger partial charge in [-0.1, -0.05) is 32.6 Å². The molecule has 3 aliphatic heterocycles. The summed E-state index contributed by atoms with van der Waals surface area (Å²) in [5.74, 6) is -5.49. The molecular formula is C34H42O12. The van der Waals surface area contributed by atoms with Crippen molar-refractivity contribution < 1.29 is 57.5 Å². The second-order valence-electron chi connectivity index (χ2n) is 13.8. The molecule has 5 rings (SSSR count). The van der Waals surface area contributed by atoms with Gasteiger partial charge in [0.2, 0.25) is 6.29 Å². The topological polar surface area (TPSA) is 164 Å². The highest BCUT2D eigenvalue weighted by atomic mass is 16.6. The lowest BCUT2D eigenvalue weighted by Crippen LogP contribution is -2.67. The molecule has 12 heteroatoms. The van der Waals surface area contributed by atoms with Crippen molar-refractivity contribution in [1.29, 1.82) is 0 Å². The SMILES string of the molecule is C=C1[C@@H]([C@@]2(C)C=CC(=O)OC(C)(C)[C@@H]2CC(=O)OC)[C@@H](OC(C)=O)[C@H](OC(=O)/C(C)=C/C)[C@@]2(C)[C@H](C3=CC(=O)OC3O)C[C@H]3O[C@]132. The van der Waals surface area contributed by atoms with Gasteiger partial charge in [0.1, 0.15) is 23.4 Å². The summed E-state index contributed by atoms with van der Waals surface area (Å²) in [6.45, 7) is 16.1. The van der Waals surface area contributed by atoms with Crippen LogP contribution in [0.2, 0.25) is 0 Å². The van der Waals surface area contributed by atoms with E-state index < -0.39 is 94.2 Å². The van der Waals surface area contributed by atoms with E-state index in [0.29, 0.717) is 23.1 Å². The molecule has 0 amide bonds. The van der Waals surface area contributed by atoms with E-state index in [1.54, 1.807) is 39.8 Å². The second kappa shape index (κ2) is 11.2. The van der Waals surface area contributed by atoms with Crippen molar-refractivity contribution >= 4 is 29.8 Å². The number of aliphatic hydroxyl groups is 1. The van der Waals surface area contributed by atoms with Crippen molar-refractivity contribution in [3.05, 3.63) is 47.6 Å². The Labute approximate surface area is 267 Å². The van der Waals surface area contributed by atoms with Gasteiger partial charge in [0.05, 0.1) is 25.0 Å². The number of carbonyl (C=O) groups excluding carboxylic acids is 5. The minimum absolute atomic E-state index is 0.175. The highest BCUT2D eigenvalue weighted by molar-refractivity contribution is 5.88. The standard InChI is InChI=1S/C34H42O12/c1-10-16(2)29(39)44-28-27(42-18(4)35)26(32(7)12-11-23(36)46-31(5,6)21(32)15-24(37)41-9)17(3)34-22(45-34)14-20(33(28,34)8)19-13-25(38)43-30(19)40/h10-13,20-22,26-28,30,40H,3,14-15H2,1-2,4-9H3/b16-10+/t20-,21-,22+,26+,27+,28-,30?,32-,33+,34+/m0/s1. The lowest BCUT2D eigenvalue weighted by molar-refractivity contribution is -0.211. The van der Waals surface area contributed by atoms with Crippen LogP contribution in [-0.2, 0) is 52.4 Å². The van der Waals surface area contributed by atoms with E-state index in [0.717, 1.165) is 0 Å². The smallest absolute Gasteiger partial charge is 0.333 e. The van der Waals surface area contributed by atoms with E-state index in [1.807, 2.05) is 13.8 Å². The Kier molecular flexibility index (Phi) is 8.17. The minimum Gasteiger partial charge on any atom is -0.469 e. The number of esters is 5. The normalized spacial score (nSPS) is 40.9. The van der Waals surface area contributed by atoms with Crippen LogP contribution >= 0.6 is 0 Å². The first-order valence-electron chi connectivity index (χ1n) is 15.4. The first-order valence-corrected chi connectivity index (χ1v) is 15.4. The fourth-order valence-electron chi connectivity index (χ4n) is 8.83. The minimum atomic E-state index is -1.52. The summed E-state index contributed by atoms with van der Waals surface area (Å²) < 4.78 is 34.8. The summed E-state index contributed by atoms with van der Waals surface area (Å²) in [4.78, 5) is 64.5. The zero-order valence-corrected chi connectivity index (χ0v) is 27.4. The summed E-state index contributed by atoms with van der Waals surface area (Å²) in [6.07, 6.45) is 1.44. The van der Waals surface area contributed by atoms with E-state index in [1.165, 1.54) is 26.2 Å². The number of aliphatic hydroxyl groups excluding tert-OH is 1. The second-order valence-corrected chi connectivity index (χ2v) is 13.8. The van der Waals surface area contributed by atoms with Crippen LogP contribution in [0.15, 0.2) is 47.6 Å². The van der Waals surface area contributed by atoms with E-state index in [2.05, 4.69) is 6.58 Å². The zero-order chi connectivity index (χ0) is 34.1. The van der Waals surface area contributed by atoms with Gasteiger partial charge in [-0.05, 0) is 39.7 Å². The van der Waals surface area contributed by atoms with Gasteiger partial charge in [0.15, 0.2) is 0 Å². The number of ether oxygens (including phenoxy) is 6. The van der Waals surface area contributed by atoms with Crippen LogP contribution in [0.3, 0.4) is 0 Å². The van der Waals surface area contributed by atoms with Gasteiger partial charge in [0.25, 0.3) is 0 Å². The Morgan fingerprint density at radius 1 is 1.11 bits per heavy atom. The van der Waals surface area contributed by atoms with Crippen LogP contribution in [-0.4, -0.2) is 77.9 Å². The first-order chi connectivity index (χ1) is 21.4. The molecule has 0 bridgehead atoms. The summed E-state index contributed by atoms with van der Waals surface area (Å²) >= 11 is 0. The molecule has 250 valence electrons. The maximum absolute atomic E-state index is 13.6. The summed E-state index contributed by atoms with van der Waals surface area (Å²) in [6, 6.07) is 0. The Balaban J connectivity index is 1.77. The molecule has 10 atom stereocenters. The molecule has 1 saturated heterocycles. The number of epoxide rings is 1. The predicted octanol–water partition coefficient (Wildman–Crippen LogP) is 3.02. The van der Waals surface area contributed by atoms with Crippen molar-refractivity contribution in [2.45, 2.75) is 97.1 Å². The molecule has 0 aromatic heterocycles. The highest BCUT2D eigenvalue weighted by Gasteiger charge is 2.84. The number of hydrogen-bond donors (Lipinski definition) is 1. The number of allylic oxidation sites excluding steroid dienone is 2. The van der Waals surface area contributed by atoms with E-state index in [9.17, 15) is 29.1 Å². The summed E-state index contributed by atoms with van der Waals surface area (Å²) in [7, 11) is 1.26. The average molecular weight is 643 g/mol. The van der Waals surface area contributed by atoms with E-state index in [-0.39, 0.29) is 6.42 Å². The van der Waals surface area contributed by atoms with Crippen molar-refractivity contribution in [2.24, 2.45) is 28.6 Å². The molecule has 5 aliphatic rings. The molecule has 3 heterocycles. The monoisotopic (exact) mass is 642 g/mol. The third kappa shape index (κ3) is 4.83. The molecular weight excluding hydrogens is 600 g/mol. The average Bonchev–Trinajstić information content (AvgIpc) is 3.55. The van der Waals surface area contributed by atoms with Gasteiger partial charge in [0, 0.05) is 53.4 Å². The maximum Gasteiger partial charge on any atom is 0.333 e. The van der Waals surface area contributed by atoms with Crippen LogP contribution in [0.25, 0.3) is 0 Å². The van der Waals surface area contributed by atoms with Crippen LogP contribution < -0.4 is 0 Å². The molecule has 2 aliphatic carbocycles. The lowest BCUT2D eigenvalue weighted by Gasteiger charge is -2.58. The van der Waals surface area contributed by atoms with Gasteiger partial charge >= 0.3 is 29.8 Å². The lowest BCUT2D eigenvalue weighted by atomic mass is 9.48. The van der Waals surface area contributed by atoms with E-state index in [4.69, 9.17) is 28.4 Å². The third-order valence-electron chi connectivity index (χ3n) is 11.1. The van der Waals surface area contributed by atoms with Crippen molar-refractivity contribution in [2.75, 3.05) is 7.11 Å². The van der Waals surface area contributed by atoms with Crippen LogP contribution in [0, 0.1) is 28.6 Å². The van der Waals surface area contributed by atoms with Crippen LogP contribution in [0.5, 0.6) is 0 Å². The summed E-state index contributed by atoms with van der Waals surface area (Å²) in [5, 5.41) is 10.8. The first kappa shape index (κ1) is 33.6. The predicted molar refractivity (Wildman–Crippen MR) is 159 cm³/mol.